The third kappa shape index (κ3) is 3.85. The fraction of sp³-hybridized carbons (Fsp3) is 0.214. The lowest BCUT2D eigenvalue weighted by Gasteiger charge is -2.11. The summed E-state index contributed by atoms with van der Waals surface area (Å²) in [5, 5.41) is 0.444. The first-order valence-corrected chi connectivity index (χ1v) is 7.08. The third-order valence-corrected chi connectivity index (χ3v) is 3.00. The fourth-order valence-electron chi connectivity index (χ4n) is 1.45. The number of hydrogen-bond acceptors (Lipinski definition) is 3. The van der Waals surface area contributed by atoms with Crippen LogP contribution in [0.15, 0.2) is 41.0 Å². The minimum absolute atomic E-state index is 0.359. The van der Waals surface area contributed by atoms with E-state index in [1.165, 1.54) is 0 Å². The molecule has 0 fully saturated rings. The SMILES string of the molecule is CCCOc1ccccc1Oc1ncc(Br)cc1Cl. The van der Waals surface area contributed by atoms with Crippen LogP contribution >= 0.6 is 27.5 Å². The van der Waals surface area contributed by atoms with Crippen LogP contribution in [0.5, 0.6) is 17.4 Å². The minimum atomic E-state index is 0.359. The molecule has 1 heterocycles. The second-order valence-electron chi connectivity index (χ2n) is 3.84. The maximum absolute atomic E-state index is 6.08. The van der Waals surface area contributed by atoms with Crippen molar-refractivity contribution in [2.24, 2.45) is 0 Å². The minimum Gasteiger partial charge on any atom is -0.490 e. The molecule has 0 radical (unpaired) electrons. The molecule has 0 unspecified atom stereocenters. The van der Waals surface area contributed by atoms with Crippen molar-refractivity contribution in [1.29, 1.82) is 0 Å². The Morgan fingerprint density at radius 3 is 2.68 bits per heavy atom. The highest BCUT2D eigenvalue weighted by atomic mass is 79.9. The molecule has 0 amide bonds. The number of rotatable bonds is 5. The lowest BCUT2D eigenvalue weighted by molar-refractivity contribution is 0.301. The Hall–Kier alpha value is -1.26. The van der Waals surface area contributed by atoms with Crippen molar-refractivity contribution in [2.45, 2.75) is 13.3 Å². The number of ether oxygens (including phenoxy) is 2. The number of nitrogens with zero attached hydrogens (tertiary/aromatic N) is 1. The van der Waals surface area contributed by atoms with Crippen molar-refractivity contribution >= 4 is 27.5 Å². The van der Waals surface area contributed by atoms with E-state index in [1.807, 2.05) is 24.3 Å². The molecule has 0 saturated carbocycles. The highest BCUT2D eigenvalue weighted by Crippen LogP contribution is 2.34. The molecule has 19 heavy (non-hydrogen) atoms. The van der Waals surface area contributed by atoms with Gasteiger partial charge in [0.15, 0.2) is 11.5 Å². The first kappa shape index (κ1) is 14.2. The lowest BCUT2D eigenvalue weighted by atomic mass is 10.3. The van der Waals surface area contributed by atoms with Crippen LogP contribution in [-0.2, 0) is 0 Å². The lowest BCUT2D eigenvalue weighted by Crippen LogP contribution is -1.98. The summed E-state index contributed by atoms with van der Waals surface area (Å²) in [7, 11) is 0. The molecular weight excluding hydrogens is 330 g/mol. The Kier molecular flexibility index (Phi) is 5.05. The number of benzene rings is 1. The summed E-state index contributed by atoms with van der Waals surface area (Å²) in [4.78, 5) is 4.14. The van der Waals surface area contributed by atoms with Crippen LogP contribution in [0.25, 0.3) is 0 Å². The number of aromatic nitrogens is 1. The van der Waals surface area contributed by atoms with E-state index in [0.717, 1.165) is 10.9 Å². The van der Waals surface area contributed by atoms with Gasteiger partial charge in [-0.3, -0.25) is 0 Å². The van der Waals surface area contributed by atoms with E-state index in [2.05, 4.69) is 27.8 Å². The molecule has 0 atom stereocenters. The summed E-state index contributed by atoms with van der Waals surface area (Å²) in [5.41, 5.74) is 0. The molecule has 0 N–H and O–H groups in total. The van der Waals surface area contributed by atoms with Gasteiger partial charge < -0.3 is 9.47 Å². The normalized spacial score (nSPS) is 10.3. The number of halogens is 2. The molecule has 0 saturated heterocycles. The van der Waals surface area contributed by atoms with Gasteiger partial charge in [-0.05, 0) is 40.5 Å². The van der Waals surface area contributed by atoms with Crippen LogP contribution < -0.4 is 9.47 Å². The van der Waals surface area contributed by atoms with Gasteiger partial charge >= 0.3 is 0 Å². The van der Waals surface area contributed by atoms with Crippen LogP contribution in [0.1, 0.15) is 13.3 Å². The predicted molar refractivity (Wildman–Crippen MR) is 79.2 cm³/mol. The van der Waals surface area contributed by atoms with Gasteiger partial charge in [-0.1, -0.05) is 30.7 Å². The molecule has 100 valence electrons. The quantitative estimate of drug-likeness (QED) is 0.759. The molecular formula is C14H13BrClNO2. The van der Waals surface area contributed by atoms with Gasteiger partial charge in [0.05, 0.1) is 6.61 Å². The summed E-state index contributed by atoms with van der Waals surface area (Å²) < 4.78 is 12.1. The van der Waals surface area contributed by atoms with Gasteiger partial charge in [-0.15, -0.1) is 0 Å². The number of pyridine rings is 1. The molecule has 1 aromatic carbocycles. The van der Waals surface area contributed by atoms with Gasteiger partial charge in [0.25, 0.3) is 0 Å². The van der Waals surface area contributed by atoms with Crippen LogP contribution in [0.3, 0.4) is 0 Å². The highest BCUT2D eigenvalue weighted by molar-refractivity contribution is 9.10. The molecule has 0 bridgehead atoms. The standard InChI is InChI=1S/C14H13BrClNO2/c1-2-7-18-12-5-3-4-6-13(12)19-14-11(16)8-10(15)9-17-14/h3-6,8-9H,2,7H2,1H3. The van der Waals surface area contributed by atoms with Crippen LogP contribution in [-0.4, -0.2) is 11.6 Å². The topological polar surface area (TPSA) is 31.4 Å². The van der Waals surface area contributed by atoms with E-state index in [0.29, 0.717) is 29.0 Å². The third-order valence-electron chi connectivity index (χ3n) is 2.29. The van der Waals surface area contributed by atoms with Crippen LogP contribution in [0, 0.1) is 0 Å². The van der Waals surface area contributed by atoms with E-state index in [-0.39, 0.29) is 0 Å². The van der Waals surface area contributed by atoms with E-state index >= 15 is 0 Å². The average molecular weight is 343 g/mol. The first-order valence-electron chi connectivity index (χ1n) is 5.91. The zero-order valence-corrected chi connectivity index (χ0v) is 12.7. The van der Waals surface area contributed by atoms with Crippen LogP contribution in [0.4, 0.5) is 0 Å². The van der Waals surface area contributed by atoms with Crippen LogP contribution in [0.2, 0.25) is 5.02 Å². The Morgan fingerprint density at radius 2 is 2.00 bits per heavy atom. The van der Waals surface area contributed by atoms with E-state index in [4.69, 9.17) is 21.1 Å². The van der Waals surface area contributed by atoms with Crippen molar-refractivity contribution < 1.29 is 9.47 Å². The maximum atomic E-state index is 6.08. The Balaban J connectivity index is 2.22. The average Bonchev–Trinajstić information content (AvgIpc) is 2.41. The smallest absolute Gasteiger partial charge is 0.238 e. The van der Waals surface area contributed by atoms with Gasteiger partial charge in [-0.2, -0.15) is 0 Å². The van der Waals surface area contributed by atoms with Crippen molar-refractivity contribution in [3.8, 4) is 17.4 Å². The van der Waals surface area contributed by atoms with E-state index in [1.54, 1.807) is 12.3 Å². The molecule has 2 rings (SSSR count). The molecule has 5 heteroatoms. The largest absolute Gasteiger partial charge is 0.490 e. The second kappa shape index (κ2) is 6.78. The zero-order valence-electron chi connectivity index (χ0n) is 10.4. The van der Waals surface area contributed by atoms with Gasteiger partial charge in [-0.25, -0.2) is 4.98 Å². The number of para-hydroxylation sites is 2. The first-order chi connectivity index (χ1) is 9.20. The maximum Gasteiger partial charge on any atom is 0.238 e. The Bertz CT molecular complexity index is 563. The molecule has 0 aliphatic heterocycles. The highest BCUT2D eigenvalue weighted by Gasteiger charge is 2.09. The van der Waals surface area contributed by atoms with E-state index in [9.17, 15) is 0 Å². The molecule has 1 aromatic heterocycles. The van der Waals surface area contributed by atoms with Crippen molar-refractivity contribution in [1.82, 2.24) is 4.98 Å². The zero-order chi connectivity index (χ0) is 13.7. The summed E-state index contributed by atoms with van der Waals surface area (Å²) in [6.07, 6.45) is 2.57. The van der Waals surface area contributed by atoms with E-state index < -0.39 is 0 Å². The second-order valence-corrected chi connectivity index (χ2v) is 5.16. The molecule has 0 spiro atoms. The summed E-state index contributed by atoms with van der Waals surface area (Å²) in [6, 6.07) is 9.19. The molecule has 0 aliphatic carbocycles. The Morgan fingerprint density at radius 1 is 1.26 bits per heavy atom. The monoisotopic (exact) mass is 341 g/mol. The summed E-state index contributed by atoms with van der Waals surface area (Å²) in [5.74, 6) is 1.65. The van der Waals surface area contributed by atoms with Crippen molar-refractivity contribution in [3.05, 3.63) is 46.0 Å². The number of hydrogen-bond donors (Lipinski definition) is 0. The predicted octanol–water partition coefficient (Wildman–Crippen LogP) is 5.08. The van der Waals surface area contributed by atoms with Crippen molar-refractivity contribution in [3.63, 3.8) is 0 Å². The molecule has 2 aromatic rings. The summed E-state index contributed by atoms with van der Waals surface area (Å²) >= 11 is 9.38. The molecule has 0 aliphatic rings. The fourth-order valence-corrected chi connectivity index (χ4v) is 2.12. The van der Waals surface area contributed by atoms with Gasteiger partial charge in [0.1, 0.15) is 5.02 Å². The van der Waals surface area contributed by atoms with Crippen molar-refractivity contribution in [2.75, 3.05) is 6.61 Å². The van der Waals surface area contributed by atoms with Gasteiger partial charge in [0, 0.05) is 10.7 Å². The molecule has 3 nitrogen and oxygen atoms in total. The Labute approximate surface area is 125 Å². The summed E-state index contributed by atoms with van der Waals surface area (Å²) in [6.45, 7) is 2.69. The van der Waals surface area contributed by atoms with Gasteiger partial charge in [0.2, 0.25) is 5.88 Å².